The van der Waals surface area contributed by atoms with Crippen LogP contribution in [0.1, 0.15) is 6.42 Å². The highest BCUT2D eigenvalue weighted by Gasteiger charge is 2.01. The van der Waals surface area contributed by atoms with Crippen molar-refractivity contribution in [1.82, 2.24) is 4.98 Å². The molecular weight excluding hydrogens is 210 g/mol. The van der Waals surface area contributed by atoms with E-state index >= 15 is 0 Å². The molecule has 0 aliphatic carbocycles. The average molecular weight is 227 g/mol. The molecule has 1 aromatic heterocycles. The Hall–Kier alpha value is -1.10. The van der Waals surface area contributed by atoms with Gasteiger partial charge in [-0.3, -0.25) is 0 Å². The number of hydrogen-bond donors (Lipinski definition) is 2. The van der Waals surface area contributed by atoms with E-state index in [2.05, 4.69) is 16.6 Å². The number of rotatable bonds is 6. The maximum atomic E-state index is 5.66. The zero-order valence-electron chi connectivity index (χ0n) is 9.12. The van der Waals surface area contributed by atoms with Gasteiger partial charge in [0.1, 0.15) is 5.82 Å². The predicted molar refractivity (Wildman–Crippen MR) is 66.7 cm³/mol. The number of anilines is 2. The Morgan fingerprint density at radius 2 is 2.33 bits per heavy atom. The van der Waals surface area contributed by atoms with Crippen LogP contribution >= 0.6 is 11.8 Å². The Kier molecular flexibility index (Phi) is 5.10. The van der Waals surface area contributed by atoms with E-state index in [1.807, 2.05) is 17.8 Å². The van der Waals surface area contributed by atoms with E-state index in [0.717, 1.165) is 24.5 Å². The molecule has 0 unspecified atom stereocenters. The smallest absolute Gasteiger partial charge is 0.238 e. The van der Waals surface area contributed by atoms with Crippen molar-refractivity contribution in [3.8, 4) is 5.88 Å². The van der Waals surface area contributed by atoms with Crippen LogP contribution < -0.4 is 15.8 Å². The first kappa shape index (κ1) is 12.0. The third kappa shape index (κ3) is 3.87. The summed E-state index contributed by atoms with van der Waals surface area (Å²) >= 11 is 1.84. The summed E-state index contributed by atoms with van der Waals surface area (Å²) in [5, 5.41) is 3.22. The number of aromatic nitrogens is 1. The molecule has 0 aliphatic rings. The van der Waals surface area contributed by atoms with Crippen molar-refractivity contribution in [3.05, 3.63) is 12.1 Å². The van der Waals surface area contributed by atoms with Gasteiger partial charge in [0.25, 0.3) is 0 Å². The lowest BCUT2D eigenvalue weighted by molar-refractivity contribution is 0.401. The standard InChI is InChI=1S/C10H17N3OS/c1-14-10-8(11)4-5-9(13-10)12-6-3-7-15-2/h4-5H,3,6-7,11H2,1-2H3,(H,12,13). The molecule has 0 saturated heterocycles. The van der Waals surface area contributed by atoms with Crippen LogP contribution in [0.5, 0.6) is 5.88 Å². The Morgan fingerprint density at radius 1 is 1.53 bits per heavy atom. The lowest BCUT2D eigenvalue weighted by Crippen LogP contribution is -2.05. The maximum Gasteiger partial charge on any atom is 0.238 e. The first-order valence-electron chi connectivity index (χ1n) is 4.81. The van der Waals surface area contributed by atoms with Gasteiger partial charge < -0.3 is 15.8 Å². The van der Waals surface area contributed by atoms with Gasteiger partial charge in [-0.1, -0.05) is 0 Å². The first-order chi connectivity index (χ1) is 7.27. The largest absolute Gasteiger partial charge is 0.479 e. The number of nitrogen functional groups attached to an aromatic ring is 1. The van der Waals surface area contributed by atoms with Gasteiger partial charge in [0, 0.05) is 6.54 Å². The van der Waals surface area contributed by atoms with Gasteiger partial charge >= 0.3 is 0 Å². The van der Waals surface area contributed by atoms with Crippen LogP contribution in [0.15, 0.2) is 12.1 Å². The number of nitrogens with one attached hydrogen (secondary N) is 1. The minimum absolute atomic E-state index is 0.477. The normalized spacial score (nSPS) is 10.0. The summed E-state index contributed by atoms with van der Waals surface area (Å²) in [6, 6.07) is 3.65. The van der Waals surface area contributed by atoms with E-state index in [4.69, 9.17) is 10.5 Å². The van der Waals surface area contributed by atoms with Crippen molar-refractivity contribution in [2.75, 3.05) is 36.7 Å². The second kappa shape index (κ2) is 6.40. The summed E-state index contributed by atoms with van der Waals surface area (Å²) in [4.78, 5) is 4.22. The number of hydrogen-bond acceptors (Lipinski definition) is 5. The van der Waals surface area contributed by atoms with Crippen LogP contribution in [-0.2, 0) is 0 Å². The van der Waals surface area contributed by atoms with Gasteiger partial charge in [0.2, 0.25) is 5.88 Å². The molecule has 0 fully saturated rings. The van der Waals surface area contributed by atoms with Crippen LogP contribution in [0.4, 0.5) is 11.5 Å². The fraction of sp³-hybridized carbons (Fsp3) is 0.500. The van der Waals surface area contributed by atoms with E-state index < -0.39 is 0 Å². The summed E-state index contributed by atoms with van der Waals surface area (Å²) in [5.41, 5.74) is 6.22. The molecule has 0 saturated carbocycles. The van der Waals surface area contributed by atoms with Crippen molar-refractivity contribution in [2.45, 2.75) is 6.42 Å². The third-order valence-electron chi connectivity index (χ3n) is 1.91. The van der Waals surface area contributed by atoms with E-state index in [-0.39, 0.29) is 0 Å². The molecule has 1 aromatic rings. The Morgan fingerprint density at radius 3 is 3.00 bits per heavy atom. The summed E-state index contributed by atoms with van der Waals surface area (Å²) < 4.78 is 5.03. The molecule has 1 rings (SSSR count). The van der Waals surface area contributed by atoms with Crippen molar-refractivity contribution in [2.24, 2.45) is 0 Å². The monoisotopic (exact) mass is 227 g/mol. The molecule has 15 heavy (non-hydrogen) atoms. The SMILES string of the molecule is COc1nc(NCCCSC)ccc1N. The summed E-state index contributed by atoms with van der Waals surface area (Å²) in [6.07, 6.45) is 3.22. The van der Waals surface area contributed by atoms with Crippen LogP contribution in [0, 0.1) is 0 Å². The molecule has 1 heterocycles. The fourth-order valence-corrected chi connectivity index (χ4v) is 1.58. The van der Waals surface area contributed by atoms with Gasteiger partial charge in [0.15, 0.2) is 0 Å². The maximum absolute atomic E-state index is 5.66. The molecule has 0 bridgehead atoms. The van der Waals surface area contributed by atoms with Crippen LogP contribution in [-0.4, -0.2) is 30.6 Å². The topological polar surface area (TPSA) is 60.2 Å². The number of ether oxygens (including phenoxy) is 1. The Bertz CT molecular complexity index is 307. The van der Waals surface area contributed by atoms with Crippen LogP contribution in [0.2, 0.25) is 0 Å². The zero-order chi connectivity index (χ0) is 11.1. The zero-order valence-corrected chi connectivity index (χ0v) is 9.93. The number of thioether (sulfide) groups is 1. The van der Waals surface area contributed by atoms with Crippen LogP contribution in [0.25, 0.3) is 0 Å². The van der Waals surface area contributed by atoms with Gasteiger partial charge in [-0.15, -0.1) is 0 Å². The summed E-state index contributed by atoms with van der Waals surface area (Å²) in [5.74, 6) is 2.44. The van der Waals surface area contributed by atoms with Gasteiger partial charge in [-0.25, -0.2) is 0 Å². The average Bonchev–Trinajstić information content (AvgIpc) is 2.26. The van der Waals surface area contributed by atoms with Gasteiger partial charge in [-0.2, -0.15) is 16.7 Å². The molecular formula is C10H17N3OS. The van der Waals surface area contributed by atoms with Gasteiger partial charge in [0.05, 0.1) is 12.8 Å². The number of nitrogens with zero attached hydrogens (tertiary/aromatic N) is 1. The van der Waals surface area contributed by atoms with E-state index in [1.165, 1.54) is 0 Å². The molecule has 84 valence electrons. The molecule has 0 radical (unpaired) electrons. The van der Waals surface area contributed by atoms with Crippen molar-refractivity contribution < 1.29 is 4.74 Å². The lowest BCUT2D eigenvalue weighted by Gasteiger charge is -2.08. The molecule has 4 nitrogen and oxygen atoms in total. The lowest BCUT2D eigenvalue weighted by atomic mass is 10.4. The van der Waals surface area contributed by atoms with Crippen molar-refractivity contribution in [1.29, 1.82) is 0 Å². The quantitative estimate of drug-likeness (QED) is 0.726. The minimum Gasteiger partial charge on any atom is -0.479 e. The highest BCUT2D eigenvalue weighted by Crippen LogP contribution is 2.19. The number of nitrogens with two attached hydrogens (primary N) is 1. The number of methoxy groups -OCH3 is 1. The molecule has 5 heteroatoms. The molecule has 0 atom stereocenters. The minimum atomic E-state index is 0.477. The molecule has 0 aromatic carbocycles. The second-order valence-electron chi connectivity index (χ2n) is 3.07. The molecule has 0 amide bonds. The highest BCUT2D eigenvalue weighted by atomic mass is 32.2. The van der Waals surface area contributed by atoms with E-state index in [1.54, 1.807) is 13.2 Å². The Labute approximate surface area is 94.6 Å². The fourth-order valence-electron chi connectivity index (χ4n) is 1.15. The third-order valence-corrected chi connectivity index (χ3v) is 2.61. The van der Waals surface area contributed by atoms with Gasteiger partial charge in [-0.05, 0) is 30.6 Å². The number of pyridine rings is 1. The second-order valence-corrected chi connectivity index (χ2v) is 4.05. The van der Waals surface area contributed by atoms with E-state index in [9.17, 15) is 0 Å². The van der Waals surface area contributed by atoms with Crippen LogP contribution in [0.3, 0.4) is 0 Å². The molecule has 0 spiro atoms. The summed E-state index contributed by atoms with van der Waals surface area (Å²) in [6.45, 7) is 0.918. The van der Waals surface area contributed by atoms with Crippen molar-refractivity contribution >= 4 is 23.3 Å². The van der Waals surface area contributed by atoms with Crippen molar-refractivity contribution in [3.63, 3.8) is 0 Å². The first-order valence-corrected chi connectivity index (χ1v) is 6.20. The predicted octanol–water partition coefficient (Wildman–Crippen LogP) is 1.84. The molecule has 0 aliphatic heterocycles. The van der Waals surface area contributed by atoms with E-state index in [0.29, 0.717) is 11.6 Å². The summed E-state index contributed by atoms with van der Waals surface area (Å²) in [7, 11) is 1.57. The molecule has 3 N–H and O–H groups in total. The highest BCUT2D eigenvalue weighted by molar-refractivity contribution is 7.98. The Balaban J connectivity index is 2.47.